The number of urea groups is 1. The van der Waals surface area contributed by atoms with Crippen LogP contribution in [0.2, 0.25) is 0 Å². The maximum absolute atomic E-state index is 13.6. The van der Waals surface area contributed by atoms with Gasteiger partial charge in [0, 0.05) is 17.4 Å². The third-order valence-corrected chi connectivity index (χ3v) is 4.07. The molecule has 1 saturated heterocycles. The van der Waals surface area contributed by atoms with E-state index in [-0.39, 0.29) is 23.7 Å². The van der Waals surface area contributed by atoms with Gasteiger partial charge in [-0.1, -0.05) is 6.07 Å². The van der Waals surface area contributed by atoms with Gasteiger partial charge in [-0.25, -0.2) is 13.6 Å². The average molecular weight is 331 g/mol. The van der Waals surface area contributed by atoms with Crippen LogP contribution in [-0.4, -0.2) is 25.2 Å². The molecule has 2 N–H and O–H groups in total. The van der Waals surface area contributed by atoms with Crippen molar-refractivity contribution in [3.8, 4) is 0 Å². The number of carbonyl (C=O) groups excluding carboxylic acids is 1. The summed E-state index contributed by atoms with van der Waals surface area (Å²) in [6.45, 7) is 1.61. The molecule has 0 aliphatic carbocycles. The second-order valence-electron chi connectivity index (χ2n) is 5.77. The summed E-state index contributed by atoms with van der Waals surface area (Å²) >= 11 is 0. The van der Waals surface area contributed by atoms with Crippen LogP contribution in [0.3, 0.4) is 0 Å². The van der Waals surface area contributed by atoms with Crippen LogP contribution in [0.25, 0.3) is 0 Å². The Morgan fingerprint density at radius 3 is 2.42 bits per heavy atom. The molecule has 126 valence electrons. The van der Waals surface area contributed by atoms with Crippen molar-refractivity contribution in [1.82, 2.24) is 5.32 Å². The summed E-state index contributed by atoms with van der Waals surface area (Å²) < 4.78 is 26.6. The minimum absolute atomic E-state index is 0.0199. The van der Waals surface area contributed by atoms with E-state index in [4.69, 9.17) is 0 Å². The number of carbonyl (C=O) groups is 1. The number of nitrogens with zero attached hydrogens (tertiary/aromatic N) is 1. The molecule has 0 aromatic heterocycles. The van der Waals surface area contributed by atoms with Gasteiger partial charge in [-0.05, 0) is 68.4 Å². The molecule has 6 heteroatoms. The van der Waals surface area contributed by atoms with Gasteiger partial charge in [0.15, 0.2) is 0 Å². The van der Waals surface area contributed by atoms with Crippen LogP contribution in [0.5, 0.6) is 0 Å². The molecule has 1 fully saturated rings. The molecular weight excluding hydrogens is 312 g/mol. The number of anilines is 2. The molecule has 2 aromatic carbocycles. The zero-order valence-corrected chi connectivity index (χ0v) is 13.1. The molecule has 0 saturated carbocycles. The number of piperidine rings is 1. The van der Waals surface area contributed by atoms with Gasteiger partial charge in [-0.15, -0.1) is 0 Å². The van der Waals surface area contributed by atoms with E-state index in [2.05, 4.69) is 10.6 Å². The number of amides is 2. The third kappa shape index (κ3) is 3.89. The Kier molecular flexibility index (Phi) is 5.05. The quantitative estimate of drug-likeness (QED) is 0.899. The molecule has 2 aromatic rings. The molecule has 3 rings (SSSR count). The molecule has 1 aliphatic heterocycles. The predicted octanol–water partition coefficient (Wildman–Crippen LogP) is 3.76. The average Bonchev–Trinajstić information content (AvgIpc) is 2.58. The van der Waals surface area contributed by atoms with E-state index in [1.54, 1.807) is 17.0 Å². The Hall–Kier alpha value is -2.47. The van der Waals surface area contributed by atoms with Crippen LogP contribution in [0.1, 0.15) is 12.8 Å². The SMILES string of the molecule is O=C(Nc1ccc(F)cc1)N(c1cccc(F)c1)C1CCNCC1. The summed E-state index contributed by atoms with van der Waals surface area (Å²) in [7, 11) is 0. The highest BCUT2D eigenvalue weighted by Crippen LogP contribution is 2.24. The van der Waals surface area contributed by atoms with Crippen molar-refractivity contribution in [3.05, 3.63) is 60.2 Å². The van der Waals surface area contributed by atoms with Gasteiger partial charge in [-0.3, -0.25) is 4.90 Å². The topological polar surface area (TPSA) is 44.4 Å². The lowest BCUT2D eigenvalue weighted by Crippen LogP contribution is -2.48. The molecule has 4 nitrogen and oxygen atoms in total. The second kappa shape index (κ2) is 7.40. The fourth-order valence-corrected chi connectivity index (χ4v) is 2.90. The Labute approximate surface area is 139 Å². The van der Waals surface area contributed by atoms with Crippen molar-refractivity contribution in [3.63, 3.8) is 0 Å². The monoisotopic (exact) mass is 331 g/mol. The van der Waals surface area contributed by atoms with Crippen LogP contribution in [-0.2, 0) is 0 Å². The van der Waals surface area contributed by atoms with Crippen molar-refractivity contribution in [2.45, 2.75) is 18.9 Å². The number of hydrogen-bond acceptors (Lipinski definition) is 2. The summed E-state index contributed by atoms with van der Waals surface area (Å²) in [6.07, 6.45) is 1.57. The Morgan fingerprint density at radius 1 is 1.04 bits per heavy atom. The van der Waals surface area contributed by atoms with E-state index in [1.807, 2.05) is 0 Å². The van der Waals surface area contributed by atoms with E-state index >= 15 is 0 Å². The van der Waals surface area contributed by atoms with Crippen molar-refractivity contribution >= 4 is 17.4 Å². The van der Waals surface area contributed by atoms with Gasteiger partial charge in [-0.2, -0.15) is 0 Å². The first-order valence-corrected chi connectivity index (χ1v) is 7.95. The summed E-state index contributed by atoms with van der Waals surface area (Å²) in [5.41, 5.74) is 1.01. The van der Waals surface area contributed by atoms with Crippen molar-refractivity contribution in [2.24, 2.45) is 0 Å². The zero-order valence-electron chi connectivity index (χ0n) is 13.1. The summed E-state index contributed by atoms with van der Waals surface area (Å²) in [5.74, 6) is -0.755. The molecule has 1 aliphatic rings. The number of benzene rings is 2. The second-order valence-corrected chi connectivity index (χ2v) is 5.77. The molecule has 0 atom stereocenters. The predicted molar refractivity (Wildman–Crippen MR) is 90.2 cm³/mol. The highest BCUT2D eigenvalue weighted by atomic mass is 19.1. The molecule has 2 amide bonds. The van der Waals surface area contributed by atoms with Gasteiger partial charge in [0.2, 0.25) is 0 Å². The van der Waals surface area contributed by atoms with Crippen LogP contribution in [0, 0.1) is 11.6 Å². The minimum atomic E-state index is -0.388. The van der Waals surface area contributed by atoms with Crippen molar-refractivity contribution in [2.75, 3.05) is 23.3 Å². The maximum Gasteiger partial charge on any atom is 0.326 e. The Bertz CT molecular complexity index is 700. The molecule has 0 radical (unpaired) electrons. The van der Waals surface area contributed by atoms with Crippen LogP contribution >= 0.6 is 0 Å². The standard InChI is InChI=1S/C18H19F2N3O/c19-13-4-6-15(7-5-13)22-18(24)23(16-8-10-21-11-9-16)17-3-1-2-14(20)12-17/h1-7,12,16,21H,8-11H2,(H,22,24). The Morgan fingerprint density at radius 2 is 1.75 bits per heavy atom. The molecule has 0 bridgehead atoms. The van der Waals surface area contributed by atoms with Gasteiger partial charge < -0.3 is 10.6 Å². The first-order valence-electron chi connectivity index (χ1n) is 7.95. The smallest absolute Gasteiger partial charge is 0.317 e. The van der Waals surface area contributed by atoms with Gasteiger partial charge in [0.25, 0.3) is 0 Å². The number of rotatable bonds is 3. The summed E-state index contributed by atoms with van der Waals surface area (Å²) in [4.78, 5) is 14.4. The van der Waals surface area contributed by atoms with Crippen LogP contribution in [0.4, 0.5) is 25.0 Å². The van der Waals surface area contributed by atoms with E-state index in [1.165, 1.54) is 36.4 Å². The highest BCUT2D eigenvalue weighted by Gasteiger charge is 2.27. The van der Waals surface area contributed by atoms with E-state index in [0.29, 0.717) is 11.4 Å². The Balaban J connectivity index is 1.85. The summed E-state index contributed by atoms with van der Waals surface area (Å²) in [5, 5.41) is 6.02. The minimum Gasteiger partial charge on any atom is -0.317 e. The lowest BCUT2D eigenvalue weighted by Gasteiger charge is -2.34. The van der Waals surface area contributed by atoms with Gasteiger partial charge >= 0.3 is 6.03 Å². The van der Waals surface area contributed by atoms with E-state index < -0.39 is 0 Å². The maximum atomic E-state index is 13.6. The normalized spacial score (nSPS) is 15.1. The highest BCUT2D eigenvalue weighted by molar-refractivity contribution is 6.02. The number of hydrogen-bond donors (Lipinski definition) is 2. The van der Waals surface area contributed by atoms with E-state index in [9.17, 15) is 13.6 Å². The molecule has 0 unspecified atom stereocenters. The third-order valence-electron chi connectivity index (χ3n) is 4.07. The number of halogens is 2. The zero-order chi connectivity index (χ0) is 16.9. The van der Waals surface area contributed by atoms with Gasteiger partial charge in [0.05, 0.1) is 0 Å². The van der Waals surface area contributed by atoms with Crippen molar-refractivity contribution < 1.29 is 13.6 Å². The fourth-order valence-electron chi connectivity index (χ4n) is 2.90. The fraction of sp³-hybridized carbons (Fsp3) is 0.278. The molecule has 24 heavy (non-hydrogen) atoms. The summed E-state index contributed by atoms with van der Waals surface area (Å²) in [6, 6.07) is 11.2. The largest absolute Gasteiger partial charge is 0.326 e. The lowest BCUT2D eigenvalue weighted by molar-refractivity contribution is 0.252. The van der Waals surface area contributed by atoms with Gasteiger partial charge in [0.1, 0.15) is 11.6 Å². The lowest BCUT2D eigenvalue weighted by atomic mass is 10.0. The van der Waals surface area contributed by atoms with Crippen molar-refractivity contribution in [1.29, 1.82) is 0 Å². The van der Waals surface area contributed by atoms with E-state index in [0.717, 1.165) is 25.9 Å². The van der Waals surface area contributed by atoms with Crippen LogP contribution in [0.15, 0.2) is 48.5 Å². The first kappa shape index (κ1) is 16.4. The first-order chi connectivity index (χ1) is 11.6. The molecular formula is C18H19F2N3O. The number of nitrogens with one attached hydrogen (secondary N) is 2. The van der Waals surface area contributed by atoms with Crippen LogP contribution < -0.4 is 15.5 Å². The molecule has 0 spiro atoms. The molecule has 1 heterocycles.